The lowest BCUT2D eigenvalue weighted by Gasteiger charge is -2.22. The van der Waals surface area contributed by atoms with Gasteiger partial charge in [-0.15, -0.1) is 0 Å². The molecule has 1 aliphatic rings. The van der Waals surface area contributed by atoms with Crippen molar-refractivity contribution in [1.29, 1.82) is 0 Å². The van der Waals surface area contributed by atoms with Gasteiger partial charge >= 0.3 is 0 Å². The molecule has 0 aliphatic carbocycles. The zero-order valence-electron chi connectivity index (χ0n) is 14.5. The third-order valence-electron chi connectivity index (χ3n) is 4.38. The summed E-state index contributed by atoms with van der Waals surface area (Å²) in [4.78, 5) is 31.2. The highest BCUT2D eigenvalue weighted by atomic mass is 19.1. The van der Waals surface area contributed by atoms with Crippen LogP contribution < -0.4 is 4.74 Å². The quantitative estimate of drug-likeness (QED) is 0.886. The molecule has 1 N–H and O–H groups in total. The molecule has 3 rings (SSSR count). The van der Waals surface area contributed by atoms with Crippen molar-refractivity contribution in [2.75, 3.05) is 32.8 Å². The lowest BCUT2D eigenvalue weighted by molar-refractivity contribution is -0.134. The van der Waals surface area contributed by atoms with Crippen LogP contribution in [0.5, 0.6) is 5.75 Å². The van der Waals surface area contributed by atoms with Gasteiger partial charge in [-0.1, -0.05) is 6.07 Å². The second-order valence-corrected chi connectivity index (χ2v) is 6.26. The van der Waals surface area contributed by atoms with Crippen molar-refractivity contribution in [1.82, 2.24) is 14.8 Å². The maximum Gasteiger partial charge on any atom is 0.260 e. The topological polar surface area (TPSA) is 65.6 Å². The summed E-state index contributed by atoms with van der Waals surface area (Å²) in [5, 5.41) is 0. The number of aromatic nitrogens is 1. The van der Waals surface area contributed by atoms with Gasteiger partial charge in [0, 0.05) is 44.6 Å². The first-order valence-electron chi connectivity index (χ1n) is 8.67. The van der Waals surface area contributed by atoms with Gasteiger partial charge in [0.25, 0.3) is 5.91 Å². The van der Waals surface area contributed by atoms with Crippen LogP contribution in [0.1, 0.15) is 12.0 Å². The second-order valence-electron chi connectivity index (χ2n) is 6.26. The Kier molecular flexibility index (Phi) is 5.88. The summed E-state index contributed by atoms with van der Waals surface area (Å²) in [6.45, 7) is 2.07. The van der Waals surface area contributed by atoms with Crippen LogP contribution in [-0.4, -0.2) is 59.4 Å². The maximum absolute atomic E-state index is 13.1. The average Bonchev–Trinajstić information content (AvgIpc) is 3.01. The molecule has 0 spiro atoms. The first kappa shape index (κ1) is 18.0. The minimum absolute atomic E-state index is 0.0647. The summed E-state index contributed by atoms with van der Waals surface area (Å²) >= 11 is 0. The molecule has 1 saturated heterocycles. The Morgan fingerprint density at radius 3 is 2.54 bits per heavy atom. The van der Waals surface area contributed by atoms with Gasteiger partial charge in [-0.05, 0) is 30.2 Å². The van der Waals surface area contributed by atoms with E-state index in [1.165, 1.54) is 18.2 Å². The van der Waals surface area contributed by atoms with Crippen molar-refractivity contribution >= 4 is 11.8 Å². The molecule has 0 radical (unpaired) electrons. The second kappa shape index (κ2) is 8.51. The van der Waals surface area contributed by atoms with E-state index >= 15 is 0 Å². The van der Waals surface area contributed by atoms with E-state index in [1.54, 1.807) is 22.1 Å². The number of nitrogens with one attached hydrogen (secondary N) is 1. The molecule has 2 heterocycles. The highest BCUT2D eigenvalue weighted by molar-refractivity contribution is 5.80. The molecule has 6 nitrogen and oxygen atoms in total. The van der Waals surface area contributed by atoms with Crippen LogP contribution in [0.2, 0.25) is 0 Å². The number of rotatable bonds is 5. The Labute approximate surface area is 151 Å². The highest BCUT2D eigenvalue weighted by Gasteiger charge is 2.22. The molecule has 1 aromatic heterocycles. The van der Waals surface area contributed by atoms with E-state index in [9.17, 15) is 14.0 Å². The Morgan fingerprint density at radius 2 is 1.85 bits per heavy atom. The fourth-order valence-corrected chi connectivity index (χ4v) is 2.96. The van der Waals surface area contributed by atoms with Crippen LogP contribution in [0.25, 0.3) is 0 Å². The molecule has 1 fully saturated rings. The van der Waals surface area contributed by atoms with Gasteiger partial charge in [-0.3, -0.25) is 9.59 Å². The van der Waals surface area contributed by atoms with Crippen molar-refractivity contribution in [2.24, 2.45) is 0 Å². The van der Waals surface area contributed by atoms with Crippen LogP contribution in [0.3, 0.4) is 0 Å². The van der Waals surface area contributed by atoms with Crippen LogP contribution in [-0.2, 0) is 16.0 Å². The first-order valence-corrected chi connectivity index (χ1v) is 8.67. The van der Waals surface area contributed by atoms with Gasteiger partial charge in [0.15, 0.2) is 6.61 Å². The highest BCUT2D eigenvalue weighted by Crippen LogP contribution is 2.13. The predicted octanol–water partition coefficient (Wildman–Crippen LogP) is 1.84. The van der Waals surface area contributed by atoms with Crippen LogP contribution >= 0.6 is 0 Å². The maximum atomic E-state index is 13.1. The number of carbonyl (C=O) groups is 2. The van der Waals surface area contributed by atoms with E-state index in [0.29, 0.717) is 38.3 Å². The van der Waals surface area contributed by atoms with Gasteiger partial charge in [-0.2, -0.15) is 0 Å². The van der Waals surface area contributed by atoms with Crippen LogP contribution in [0.15, 0.2) is 42.7 Å². The zero-order chi connectivity index (χ0) is 18.4. The van der Waals surface area contributed by atoms with Crippen molar-refractivity contribution in [3.8, 4) is 5.75 Å². The van der Waals surface area contributed by atoms with E-state index < -0.39 is 5.82 Å². The molecule has 26 heavy (non-hydrogen) atoms. The average molecular weight is 359 g/mol. The number of ether oxygens (including phenoxy) is 1. The summed E-state index contributed by atoms with van der Waals surface area (Å²) in [5.41, 5.74) is 0.954. The summed E-state index contributed by atoms with van der Waals surface area (Å²) in [7, 11) is 0. The number of benzene rings is 1. The summed E-state index contributed by atoms with van der Waals surface area (Å²) in [6, 6.07) is 7.60. The number of H-pyrrole nitrogens is 1. The van der Waals surface area contributed by atoms with Gasteiger partial charge in [0.05, 0.1) is 6.42 Å². The molecule has 2 amide bonds. The Hall–Kier alpha value is -2.83. The Morgan fingerprint density at radius 1 is 1.08 bits per heavy atom. The minimum Gasteiger partial charge on any atom is -0.484 e. The largest absolute Gasteiger partial charge is 0.484 e. The summed E-state index contributed by atoms with van der Waals surface area (Å²) in [6.07, 6.45) is 4.70. The third-order valence-corrected chi connectivity index (χ3v) is 4.38. The molecule has 0 bridgehead atoms. The molecule has 138 valence electrons. The van der Waals surface area contributed by atoms with Gasteiger partial charge in [0.1, 0.15) is 11.6 Å². The van der Waals surface area contributed by atoms with Gasteiger partial charge in [-0.25, -0.2) is 4.39 Å². The number of aromatic amines is 1. The fraction of sp³-hybridized carbons (Fsp3) is 0.368. The van der Waals surface area contributed by atoms with E-state index in [4.69, 9.17) is 4.74 Å². The Balaban J connectivity index is 1.48. The molecular weight excluding hydrogens is 337 g/mol. The number of halogens is 1. The standard InChI is InChI=1S/C19H22FN3O3/c20-16-3-1-4-17(12-16)26-14-19(25)23-8-2-7-22(9-10-23)18(24)11-15-5-6-21-13-15/h1,3-6,12-13,21H,2,7-11,14H2. The molecule has 0 unspecified atom stereocenters. The lowest BCUT2D eigenvalue weighted by atomic mass is 10.2. The molecule has 2 aromatic rings. The minimum atomic E-state index is -0.402. The molecule has 0 atom stereocenters. The van der Waals surface area contributed by atoms with Gasteiger partial charge < -0.3 is 19.5 Å². The van der Waals surface area contributed by atoms with E-state index in [2.05, 4.69) is 4.98 Å². The van der Waals surface area contributed by atoms with Gasteiger partial charge in [0.2, 0.25) is 5.91 Å². The van der Waals surface area contributed by atoms with Crippen molar-refractivity contribution in [2.45, 2.75) is 12.8 Å². The van der Waals surface area contributed by atoms with Crippen molar-refractivity contribution < 1.29 is 18.7 Å². The molecule has 1 aliphatic heterocycles. The molecular formula is C19H22FN3O3. The number of hydrogen-bond acceptors (Lipinski definition) is 3. The van der Waals surface area contributed by atoms with E-state index in [1.807, 2.05) is 12.3 Å². The number of amides is 2. The summed E-state index contributed by atoms with van der Waals surface area (Å²) in [5.74, 6) is -0.165. The van der Waals surface area contributed by atoms with Crippen LogP contribution in [0.4, 0.5) is 4.39 Å². The number of carbonyl (C=O) groups excluding carboxylic acids is 2. The Bertz CT molecular complexity index is 748. The molecule has 0 saturated carbocycles. The monoisotopic (exact) mass is 359 g/mol. The normalized spacial score (nSPS) is 14.8. The fourth-order valence-electron chi connectivity index (χ4n) is 2.96. The molecule has 7 heteroatoms. The number of nitrogens with zero attached hydrogens (tertiary/aromatic N) is 2. The van der Waals surface area contributed by atoms with E-state index in [0.717, 1.165) is 12.0 Å². The predicted molar refractivity (Wildman–Crippen MR) is 94.2 cm³/mol. The lowest BCUT2D eigenvalue weighted by Crippen LogP contribution is -2.39. The van der Waals surface area contributed by atoms with E-state index in [-0.39, 0.29) is 18.4 Å². The zero-order valence-corrected chi connectivity index (χ0v) is 14.5. The SMILES string of the molecule is O=C(COc1cccc(F)c1)N1CCCN(C(=O)Cc2cc[nH]c2)CC1. The van der Waals surface area contributed by atoms with Crippen molar-refractivity contribution in [3.05, 3.63) is 54.1 Å². The third kappa shape index (κ3) is 4.84. The smallest absolute Gasteiger partial charge is 0.260 e. The van der Waals surface area contributed by atoms with Crippen molar-refractivity contribution in [3.63, 3.8) is 0 Å². The number of hydrogen-bond donors (Lipinski definition) is 1. The first-order chi connectivity index (χ1) is 12.6. The van der Waals surface area contributed by atoms with Crippen LogP contribution in [0, 0.1) is 5.82 Å². The summed E-state index contributed by atoms with van der Waals surface area (Å²) < 4.78 is 18.5. The molecule has 1 aromatic carbocycles.